The summed E-state index contributed by atoms with van der Waals surface area (Å²) >= 11 is 0. The van der Waals surface area contributed by atoms with Crippen LogP contribution in [0.3, 0.4) is 0 Å². The zero-order chi connectivity index (χ0) is 9.68. The largest absolute Gasteiger partial charge is 0.508 e. The third-order valence-corrected chi connectivity index (χ3v) is 1.52. The zero-order valence-corrected chi connectivity index (χ0v) is 7.49. The molecule has 3 N–H and O–H groups in total. The summed E-state index contributed by atoms with van der Waals surface area (Å²) in [7, 11) is 1.52. The van der Waals surface area contributed by atoms with Crippen molar-refractivity contribution in [2.45, 2.75) is 0 Å². The number of methoxy groups -OCH3 is 1. The SMILES string of the molecule is COc1cc(O)ccc1OCCN. The van der Waals surface area contributed by atoms with Gasteiger partial charge in [-0.1, -0.05) is 0 Å². The molecule has 72 valence electrons. The second-order valence-electron chi connectivity index (χ2n) is 2.47. The highest BCUT2D eigenvalue weighted by molar-refractivity contribution is 5.44. The first-order valence-corrected chi connectivity index (χ1v) is 3.98. The fourth-order valence-electron chi connectivity index (χ4n) is 0.944. The molecular weight excluding hydrogens is 170 g/mol. The molecule has 0 radical (unpaired) electrons. The van der Waals surface area contributed by atoms with E-state index < -0.39 is 0 Å². The molecule has 0 saturated carbocycles. The molecule has 0 spiro atoms. The molecule has 0 aliphatic carbocycles. The van der Waals surface area contributed by atoms with Crippen LogP contribution in [0.5, 0.6) is 17.2 Å². The quantitative estimate of drug-likeness (QED) is 0.722. The minimum absolute atomic E-state index is 0.150. The van der Waals surface area contributed by atoms with Gasteiger partial charge in [-0.25, -0.2) is 0 Å². The highest BCUT2D eigenvalue weighted by atomic mass is 16.5. The van der Waals surface area contributed by atoms with Crippen molar-refractivity contribution in [3.05, 3.63) is 18.2 Å². The number of benzene rings is 1. The van der Waals surface area contributed by atoms with E-state index in [0.29, 0.717) is 24.7 Å². The molecule has 0 aliphatic heterocycles. The van der Waals surface area contributed by atoms with Crippen molar-refractivity contribution >= 4 is 0 Å². The van der Waals surface area contributed by atoms with Crippen molar-refractivity contribution < 1.29 is 14.6 Å². The first-order valence-electron chi connectivity index (χ1n) is 3.98. The fraction of sp³-hybridized carbons (Fsp3) is 0.333. The molecule has 0 unspecified atom stereocenters. The summed E-state index contributed by atoms with van der Waals surface area (Å²) in [4.78, 5) is 0. The minimum atomic E-state index is 0.150. The Morgan fingerprint density at radius 2 is 2.15 bits per heavy atom. The Morgan fingerprint density at radius 3 is 2.77 bits per heavy atom. The van der Waals surface area contributed by atoms with E-state index in [1.54, 1.807) is 6.07 Å². The van der Waals surface area contributed by atoms with Crippen LogP contribution in [0, 0.1) is 0 Å². The van der Waals surface area contributed by atoms with Crippen LogP contribution >= 0.6 is 0 Å². The van der Waals surface area contributed by atoms with Crippen molar-refractivity contribution in [3.8, 4) is 17.2 Å². The monoisotopic (exact) mass is 183 g/mol. The average molecular weight is 183 g/mol. The van der Waals surface area contributed by atoms with E-state index in [1.165, 1.54) is 19.2 Å². The van der Waals surface area contributed by atoms with Gasteiger partial charge in [0.1, 0.15) is 12.4 Å². The van der Waals surface area contributed by atoms with Crippen molar-refractivity contribution in [1.82, 2.24) is 0 Å². The first-order chi connectivity index (χ1) is 6.27. The van der Waals surface area contributed by atoms with Gasteiger partial charge in [0.2, 0.25) is 0 Å². The maximum Gasteiger partial charge on any atom is 0.164 e. The zero-order valence-electron chi connectivity index (χ0n) is 7.49. The molecule has 0 aromatic heterocycles. The number of hydrogen-bond acceptors (Lipinski definition) is 4. The topological polar surface area (TPSA) is 64.7 Å². The van der Waals surface area contributed by atoms with Crippen LogP contribution in [-0.2, 0) is 0 Å². The number of phenolic OH excluding ortho intramolecular Hbond substituents is 1. The van der Waals surface area contributed by atoms with Crippen LogP contribution in [0.25, 0.3) is 0 Å². The molecule has 4 heteroatoms. The summed E-state index contributed by atoms with van der Waals surface area (Å²) in [6.07, 6.45) is 0. The van der Waals surface area contributed by atoms with Crippen LogP contribution in [0.2, 0.25) is 0 Å². The molecule has 0 bridgehead atoms. The summed E-state index contributed by atoms with van der Waals surface area (Å²) < 4.78 is 10.3. The fourth-order valence-corrected chi connectivity index (χ4v) is 0.944. The van der Waals surface area contributed by atoms with E-state index in [9.17, 15) is 0 Å². The first kappa shape index (κ1) is 9.67. The molecule has 13 heavy (non-hydrogen) atoms. The van der Waals surface area contributed by atoms with Crippen molar-refractivity contribution in [1.29, 1.82) is 0 Å². The Morgan fingerprint density at radius 1 is 1.38 bits per heavy atom. The molecule has 1 rings (SSSR count). The van der Waals surface area contributed by atoms with Crippen LogP contribution in [0.15, 0.2) is 18.2 Å². The third kappa shape index (κ3) is 2.52. The molecule has 4 nitrogen and oxygen atoms in total. The number of aromatic hydroxyl groups is 1. The average Bonchev–Trinajstić information content (AvgIpc) is 2.16. The van der Waals surface area contributed by atoms with Gasteiger partial charge in [0.25, 0.3) is 0 Å². The standard InChI is InChI=1S/C9H13NO3/c1-12-9-6-7(11)2-3-8(9)13-5-4-10/h2-3,6,11H,4-5,10H2,1H3. The summed E-state index contributed by atoms with van der Waals surface area (Å²) in [5.74, 6) is 1.25. The van der Waals surface area contributed by atoms with Crippen LogP contribution < -0.4 is 15.2 Å². The molecule has 0 saturated heterocycles. The molecule has 0 aliphatic rings. The van der Waals surface area contributed by atoms with Gasteiger partial charge < -0.3 is 20.3 Å². The Balaban J connectivity index is 2.79. The van der Waals surface area contributed by atoms with E-state index in [4.69, 9.17) is 20.3 Å². The van der Waals surface area contributed by atoms with Gasteiger partial charge >= 0.3 is 0 Å². The number of nitrogens with two attached hydrogens (primary N) is 1. The molecule has 1 aromatic carbocycles. The predicted molar refractivity (Wildman–Crippen MR) is 49.2 cm³/mol. The number of hydrogen-bond donors (Lipinski definition) is 2. The molecule has 0 heterocycles. The predicted octanol–water partition coefficient (Wildman–Crippen LogP) is 0.738. The smallest absolute Gasteiger partial charge is 0.164 e. The summed E-state index contributed by atoms with van der Waals surface area (Å²) in [6.45, 7) is 0.880. The Hall–Kier alpha value is -1.42. The van der Waals surface area contributed by atoms with Crippen LogP contribution in [0.4, 0.5) is 0 Å². The second-order valence-corrected chi connectivity index (χ2v) is 2.47. The van der Waals surface area contributed by atoms with E-state index in [0.717, 1.165) is 0 Å². The summed E-state index contributed by atoms with van der Waals surface area (Å²) in [6, 6.07) is 4.67. The van der Waals surface area contributed by atoms with Gasteiger partial charge in [0.15, 0.2) is 11.5 Å². The maximum absolute atomic E-state index is 9.13. The molecule has 0 atom stereocenters. The van der Waals surface area contributed by atoms with Crippen LogP contribution in [-0.4, -0.2) is 25.4 Å². The Labute approximate surface area is 76.9 Å². The number of rotatable bonds is 4. The van der Waals surface area contributed by atoms with E-state index in [1.807, 2.05) is 0 Å². The lowest BCUT2D eigenvalue weighted by atomic mass is 10.3. The lowest BCUT2D eigenvalue weighted by Gasteiger charge is -2.09. The van der Waals surface area contributed by atoms with Gasteiger partial charge in [0.05, 0.1) is 7.11 Å². The van der Waals surface area contributed by atoms with Gasteiger partial charge in [-0.15, -0.1) is 0 Å². The Bertz CT molecular complexity index is 276. The summed E-state index contributed by atoms with van der Waals surface area (Å²) in [5, 5.41) is 9.13. The maximum atomic E-state index is 9.13. The molecular formula is C9H13NO3. The van der Waals surface area contributed by atoms with E-state index >= 15 is 0 Å². The van der Waals surface area contributed by atoms with Crippen molar-refractivity contribution in [3.63, 3.8) is 0 Å². The van der Waals surface area contributed by atoms with Gasteiger partial charge in [-0.2, -0.15) is 0 Å². The lowest BCUT2D eigenvalue weighted by Crippen LogP contribution is -2.10. The highest BCUT2D eigenvalue weighted by Gasteiger charge is 2.03. The molecule has 0 fully saturated rings. The normalized spacial score (nSPS) is 9.69. The third-order valence-electron chi connectivity index (χ3n) is 1.52. The van der Waals surface area contributed by atoms with E-state index in [2.05, 4.69) is 0 Å². The number of ether oxygens (including phenoxy) is 2. The molecule has 1 aromatic rings. The van der Waals surface area contributed by atoms with Gasteiger partial charge in [-0.3, -0.25) is 0 Å². The van der Waals surface area contributed by atoms with Gasteiger partial charge in [0, 0.05) is 12.6 Å². The highest BCUT2D eigenvalue weighted by Crippen LogP contribution is 2.30. The van der Waals surface area contributed by atoms with Crippen molar-refractivity contribution in [2.75, 3.05) is 20.3 Å². The van der Waals surface area contributed by atoms with Crippen LogP contribution in [0.1, 0.15) is 0 Å². The van der Waals surface area contributed by atoms with Crippen molar-refractivity contribution in [2.24, 2.45) is 5.73 Å². The Kier molecular flexibility index (Phi) is 3.40. The van der Waals surface area contributed by atoms with E-state index in [-0.39, 0.29) is 5.75 Å². The lowest BCUT2D eigenvalue weighted by molar-refractivity contribution is 0.301. The molecule has 0 amide bonds. The van der Waals surface area contributed by atoms with Gasteiger partial charge in [-0.05, 0) is 12.1 Å². The second kappa shape index (κ2) is 4.57. The summed E-state index contributed by atoms with van der Waals surface area (Å²) in [5.41, 5.74) is 5.28. The number of phenols is 1. The minimum Gasteiger partial charge on any atom is -0.508 e.